The Labute approximate surface area is 83.5 Å². The second-order valence-electron chi connectivity index (χ2n) is 2.79. The number of aldehydes is 1. The Hall–Kier alpha value is -1.79. The van der Waals surface area contributed by atoms with Crippen molar-refractivity contribution in [3.63, 3.8) is 0 Å². The van der Waals surface area contributed by atoms with Crippen LogP contribution in [-0.4, -0.2) is 13.4 Å². The van der Waals surface area contributed by atoms with Gasteiger partial charge in [-0.1, -0.05) is 12.6 Å². The van der Waals surface area contributed by atoms with Crippen LogP contribution in [0.15, 0.2) is 36.6 Å². The Morgan fingerprint density at radius 3 is 2.93 bits per heavy atom. The number of hydrogen-bond donors (Lipinski definition) is 0. The topological polar surface area (TPSA) is 26.3 Å². The van der Waals surface area contributed by atoms with E-state index < -0.39 is 0 Å². The Morgan fingerprint density at radius 1 is 1.57 bits per heavy atom. The molecule has 1 rings (SSSR count). The van der Waals surface area contributed by atoms with E-state index >= 15 is 0 Å². The second-order valence-corrected chi connectivity index (χ2v) is 2.79. The van der Waals surface area contributed by atoms with Gasteiger partial charge in [-0.25, -0.2) is 0 Å². The summed E-state index contributed by atoms with van der Waals surface area (Å²) in [5.41, 5.74) is 4.28. The molecular formula is C12H12O2. The predicted octanol–water partition coefficient (Wildman–Crippen LogP) is 2.39. The van der Waals surface area contributed by atoms with Crippen molar-refractivity contribution in [3.8, 4) is 5.75 Å². The van der Waals surface area contributed by atoms with Gasteiger partial charge in [0.15, 0.2) is 0 Å². The largest absolute Gasteiger partial charge is 0.497 e. The number of carbonyl (C=O) groups is 1. The summed E-state index contributed by atoms with van der Waals surface area (Å²) in [4.78, 5) is 10.8. The second kappa shape index (κ2) is 5.05. The Bertz CT molecular complexity index is 374. The standard InChI is InChI=1S/C12H12O2/c1-3-4-5-10-6-7-12(14-2)8-11(10)9-13/h4,6-9H,1,5H2,2H3. The molecule has 0 fully saturated rings. The molecule has 72 valence electrons. The maximum absolute atomic E-state index is 10.8. The van der Waals surface area contributed by atoms with Crippen molar-refractivity contribution < 1.29 is 9.53 Å². The molecule has 1 aromatic carbocycles. The van der Waals surface area contributed by atoms with Crippen LogP contribution in [-0.2, 0) is 6.42 Å². The maximum atomic E-state index is 10.8. The van der Waals surface area contributed by atoms with Crippen LogP contribution < -0.4 is 4.74 Å². The lowest BCUT2D eigenvalue weighted by Crippen LogP contribution is -1.92. The Kier molecular flexibility index (Phi) is 3.71. The lowest BCUT2D eigenvalue weighted by molar-refractivity contribution is 0.112. The number of ether oxygens (including phenoxy) is 1. The van der Waals surface area contributed by atoms with E-state index in [9.17, 15) is 4.79 Å². The zero-order chi connectivity index (χ0) is 10.4. The van der Waals surface area contributed by atoms with E-state index in [2.05, 4.69) is 12.3 Å². The smallest absolute Gasteiger partial charge is 0.150 e. The molecule has 14 heavy (non-hydrogen) atoms. The van der Waals surface area contributed by atoms with Gasteiger partial charge in [0.2, 0.25) is 0 Å². The van der Waals surface area contributed by atoms with E-state index in [-0.39, 0.29) is 0 Å². The summed E-state index contributed by atoms with van der Waals surface area (Å²) in [6.45, 7) is 3.47. The predicted molar refractivity (Wildman–Crippen MR) is 55.8 cm³/mol. The van der Waals surface area contributed by atoms with Gasteiger partial charge in [0.1, 0.15) is 12.0 Å². The lowest BCUT2D eigenvalue weighted by Gasteiger charge is -2.04. The molecule has 0 N–H and O–H groups in total. The molecule has 0 aromatic heterocycles. The van der Waals surface area contributed by atoms with Crippen molar-refractivity contribution in [2.75, 3.05) is 7.11 Å². The van der Waals surface area contributed by atoms with Crippen molar-refractivity contribution in [1.82, 2.24) is 0 Å². The van der Waals surface area contributed by atoms with Crippen molar-refractivity contribution in [1.29, 1.82) is 0 Å². The Morgan fingerprint density at radius 2 is 2.36 bits per heavy atom. The van der Waals surface area contributed by atoms with Gasteiger partial charge >= 0.3 is 0 Å². The first kappa shape index (κ1) is 10.3. The molecule has 0 atom stereocenters. The van der Waals surface area contributed by atoms with Crippen LogP contribution in [0.4, 0.5) is 0 Å². The summed E-state index contributed by atoms with van der Waals surface area (Å²) >= 11 is 0. The van der Waals surface area contributed by atoms with Gasteiger partial charge < -0.3 is 4.74 Å². The molecule has 0 aliphatic rings. The van der Waals surface area contributed by atoms with Crippen LogP contribution in [0.2, 0.25) is 0 Å². The van der Waals surface area contributed by atoms with Crippen LogP contribution in [0.5, 0.6) is 5.75 Å². The molecular weight excluding hydrogens is 176 g/mol. The van der Waals surface area contributed by atoms with Crippen LogP contribution in [0.3, 0.4) is 0 Å². The van der Waals surface area contributed by atoms with E-state index in [1.165, 1.54) is 0 Å². The van der Waals surface area contributed by atoms with E-state index in [0.29, 0.717) is 17.7 Å². The summed E-state index contributed by atoms with van der Waals surface area (Å²) in [6.07, 6.45) is 3.28. The van der Waals surface area contributed by atoms with Gasteiger partial charge in [0, 0.05) is 5.56 Å². The SMILES string of the molecule is C=C=CCc1ccc(OC)cc1C=O. The number of hydrogen-bond acceptors (Lipinski definition) is 2. The van der Waals surface area contributed by atoms with Gasteiger partial charge in [-0.2, -0.15) is 0 Å². The third-order valence-electron chi connectivity index (χ3n) is 1.95. The van der Waals surface area contributed by atoms with Gasteiger partial charge in [-0.15, -0.1) is 5.73 Å². The zero-order valence-electron chi connectivity index (χ0n) is 8.12. The zero-order valence-corrected chi connectivity index (χ0v) is 8.12. The average Bonchev–Trinajstić information content (AvgIpc) is 2.26. The Balaban J connectivity index is 3.04. The minimum absolute atomic E-state index is 0.649. The van der Waals surface area contributed by atoms with Gasteiger partial charge in [0.25, 0.3) is 0 Å². The van der Waals surface area contributed by atoms with Crippen LogP contribution >= 0.6 is 0 Å². The quantitative estimate of drug-likeness (QED) is 0.535. The highest BCUT2D eigenvalue weighted by molar-refractivity contribution is 5.78. The summed E-state index contributed by atoms with van der Waals surface area (Å²) < 4.78 is 5.02. The summed E-state index contributed by atoms with van der Waals surface area (Å²) in [6, 6.07) is 5.43. The minimum Gasteiger partial charge on any atom is -0.497 e. The van der Waals surface area contributed by atoms with Crippen LogP contribution in [0.25, 0.3) is 0 Å². The fourth-order valence-corrected chi connectivity index (χ4v) is 1.18. The third-order valence-corrected chi connectivity index (χ3v) is 1.95. The highest BCUT2D eigenvalue weighted by Crippen LogP contribution is 2.16. The normalized spacial score (nSPS) is 8.93. The minimum atomic E-state index is 0.649. The maximum Gasteiger partial charge on any atom is 0.150 e. The molecule has 0 radical (unpaired) electrons. The molecule has 0 aliphatic carbocycles. The fraction of sp³-hybridized carbons (Fsp3) is 0.167. The average molecular weight is 188 g/mol. The number of methoxy groups -OCH3 is 1. The molecule has 0 spiro atoms. The summed E-state index contributed by atoms with van der Waals surface area (Å²) in [5.74, 6) is 0.693. The molecule has 0 heterocycles. The molecule has 0 saturated heterocycles. The van der Waals surface area contributed by atoms with Crippen LogP contribution in [0.1, 0.15) is 15.9 Å². The van der Waals surface area contributed by atoms with Gasteiger partial charge in [-0.05, 0) is 30.2 Å². The van der Waals surface area contributed by atoms with Crippen LogP contribution in [0, 0.1) is 0 Å². The lowest BCUT2D eigenvalue weighted by atomic mass is 10.1. The molecule has 1 aromatic rings. The number of carbonyl (C=O) groups excluding carboxylic acids is 1. The molecule has 0 unspecified atom stereocenters. The number of rotatable bonds is 4. The fourth-order valence-electron chi connectivity index (χ4n) is 1.18. The first-order valence-corrected chi connectivity index (χ1v) is 4.28. The highest BCUT2D eigenvalue weighted by Gasteiger charge is 2.01. The molecule has 0 bridgehead atoms. The van der Waals surface area contributed by atoms with Crippen molar-refractivity contribution >= 4 is 6.29 Å². The van der Waals surface area contributed by atoms with E-state index in [1.54, 1.807) is 19.3 Å². The molecule has 2 nitrogen and oxygen atoms in total. The highest BCUT2D eigenvalue weighted by atomic mass is 16.5. The molecule has 0 amide bonds. The third kappa shape index (κ3) is 2.35. The summed E-state index contributed by atoms with van der Waals surface area (Å²) in [5, 5.41) is 0. The van der Waals surface area contributed by atoms with E-state index in [1.807, 2.05) is 12.1 Å². The molecule has 0 aliphatic heterocycles. The number of allylic oxidation sites excluding steroid dienone is 1. The first-order chi connectivity index (χ1) is 6.81. The van der Waals surface area contributed by atoms with Crippen molar-refractivity contribution in [2.45, 2.75) is 6.42 Å². The van der Waals surface area contributed by atoms with E-state index in [0.717, 1.165) is 11.8 Å². The molecule has 0 saturated carbocycles. The first-order valence-electron chi connectivity index (χ1n) is 4.28. The van der Waals surface area contributed by atoms with E-state index in [4.69, 9.17) is 4.74 Å². The van der Waals surface area contributed by atoms with Gasteiger partial charge in [0.05, 0.1) is 7.11 Å². The molecule has 2 heteroatoms. The van der Waals surface area contributed by atoms with Crippen molar-refractivity contribution in [3.05, 3.63) is 47.7 Å². The summed E-state index contributed by atoms with van der Waals surface area (Å²) in [7, 11) is 1.58. The monoisotopic (exact) mass is 188 g/mol. The number of benzene rings is 1. The van der Waals surface area contributed by atoms with Gasteiger partial charge in [-0.3, -0.25) is 4.79 Å². The van der Waals surface area contributed by atoms with Crippen molar-refractivity contribution in [2.24, 2.45) is 0 Å².